The third kappa shape index (κ3) is 2.76. The molecule has 0 bridgehead atoms. The van der Waals surface area contributed by atoms with Crippen LogP contribution in [-0.2, 0) is 13.0 Å². The zero-order valence-corrected chi connectivity index (χ0v) is 13.0. The number of aromatic nitrogens is 5. The summed E-state index contributed by atoms with van der Waals surface area (Å²) in [6.07, 6.45) is 7.73. The maximum absolute atomic E-state index is 12.2. The number of rotatable bonds is 3. The largest absolute Gasteiger partial charge is 0.321 e. The maximum Gasteiger partial charge on any atom is 0.275 e. The van der Waals surface area contributed by atoms with Crippen molar-refractivity contribution in [3.8, 4) is 11.4 Å². The predicted molar refractivity (Wildman–Crippen MR) is 88.4 cm³/mol. The average Bonchev–Trinajstić information content (AvgIpc) is 3.07. The molecule has 1 aliphatic rings. The van der Waals surface area contributed by atoms with Gasteiger partial charge >= 0.3 is 0 Å². The lowest BCUT2D eigenvalue weighted by atomic mass is 10.1. The number of hydrogen-bond donors (Lipinski definition) is 1. The molecule has 0 saturated carbocycles. The standard InChI is InChI=1S/C17H16N6O/c24-17(14-11-18-7-8-19-14)20-13-5-3-4-12(10-13)16-22-21-15-6-1-2-9-23(15)16/h3-5,7-8,10-11H,1-2,6,9H2,(H,20,24). The van der Waals surface area contributed by atoms with Crippen LogP contribution in [0.15, 0.2) is 42.9 Å². The number of hydrogen-bond acceptors (Lipinski definition) is 5. The van der Waals surface area contributed by atoms with Gasteiger partial charge in [-0.15, -0.1) is 10.2 Å². The fourth-order valence-corrected chi connectivity index (χ4v) is 2.87. The van der Waals surface area contributed by atoms with Gasteiger partial charge in [0, 0.05) is 36.6 Å². The third-order valence-electron chi connectivity index (χ3n) is 4.03. The Morgan fingerprint density at radius 3 is 3.00 bits per heavy atom. The zero-order chi connectivity index (χ0) is 16.4. The summed E-state index contributed by atoms with van der Waals surface area (Å²) in [4.78, 5) is 20.1. The topological polar surface area (TPSA) is 85.6 Å². The number of nitrogens with one attached hydrogen (secondary N) is 1. The van der Waals surface area contributed by atoms with E-state index in [2.05, 4.69) is 30.0 Å². The second kappa shape index (κ2) is 6.19. The molecule has 3 aromatic rings. The lowest BCUT2D eigenvalue weighted by molar-refractivity contribution is 0.102. The van der Waals surface area contributed by atoms with E-state index in [-0.39, 0.29) is 11.6 Å². The number of aryl methyl sites for hydroxylation is 1. The minimum atomic E-state index is -0.288. The maximum atomic E-state index is 12.2. The number of fused-ring (bicyclic) bond motifs is 1. The Morgan fingerprint density at radius 1 is 1.17 bits per heavy atom. The number of benzene rings is 1. The zero-order valence-electron chi connectivity index (χ0n) is 13.0. The molecule has 0 unspecified atom stereocenters. The van der Waals surface area contributed by atoms with Crippen molar-refractivity contribution in [3.05, 3.63) is 54.4 Å². The highest BCUT2D eigenvalue weighted by molar-refractivity contribution is 6.02. The Labute approximate surface area is 138 Å². The van der Waals surface area contributed by atoms with Crippen molar-refractivity contribution in [3.63, 3.8) is 0 Å². The summed E-state index contributed by atoms with van der Waals surface area (Å²) in [6, 6.07) is 7.61. The second-order valence-electron chi connectivity index (χ2n) is 5.67. The molecule has 0 atom stereocenters. The van der Waals surface area contributed by atoms with Gasteiger partial charge in [-0.25, -0.2) is 4.98 Å². The van der Waals surface area contributed by atoms with E-state index < -0.39 is 0 Å². The van der Waals surface area contributed by atoms with E-state index in [1.54, 1.807) is 0 Å². The molecule has 1 aliphatic heterocycles. The third-order valence-corrected chi connectivity index (χ3v) is 4.03. The van der Waals surface area contributed by atoms with Crippen molar-refractivity contribution < 1.29 is 4.79 Å². The van der Waals surface area contributed by atoms with Gasteiger partial charge < -0.3 is 9.88 Å². The fraction of sp³-hybridized carbons (Fsp3) is 0.235. The summed E-state index contributed by atoms with van der Waals surface area (Å²) >= 11 is 0. The first-order valence-electron chi connectivity index (χ1n) is 7.91. The van der Waals surface area contributed by atoms with E-state index in [0.717, 1.165) is 43.0 Å². The molecule has 2 aromatic heterocycles. The van der Waals surface area contributed by atoms with Gasteiger partial charge in [-0.1, -0.05) is 12.1 Å². The van der Waals surface area contributed by atoms with E-state index in [4.69, 9.17) is 0 Å². The van der Waals surface area contributed by atoms with Gasteiger partial charge in [0.2, 0.25) is 0 Å². The molecule has 120 valence electrons. The summed E-state index contributed by atoms with van der Waals surface area (Å²) in [5.74, 6) is 1.59. The van der Waals surface area contributed by atoms with Crippen molar-refractivity contribution in [2.24, 2.45) is 0 Å². The summed E-state index contributed by atoms with van der Waals surface area (Å²) in [5.41, 5.74) is 1.91. The van der Waals surface area contributed by atoms with Crippen LogP contribution in [0.4, 0.5) is 5.69 Å². The molecule has 7 heteroatoms. The molecule has 1 amide bonds. The molecular formula is C17H16N6O. The van der Waals surface area contributed by atoms with Crippen molar-refractivity contribution in [2.75, 3.05) is 5.32 Å². The summed E-state index contributed by atoms with van der Waals surface area (Å²) < 4.78 is 2.16. The Kier molecular flexibility index (Phi) is 3.74. The predicted octanol–water partition coefficient (Wildman–Crippen LogP) is 2.32. The molecule has 1 N–H and O–H groups in total. The van der Waals surface area contributed by atoms with Crippen molar-refractivity contribution in [1.29, 1.82) is 0 Å². The van der Waals surface area contributed by atoms with Crippen LogP contribution in [0.1, 0.15) is 29.2 Å². The number of carbonyl (C=O) groups is 1. The van der Waals surface area contributed by atoms with Crippen molar-refractivity contribution in [1.82, 2.24) is 24.7 Å². The van der Waals surface area contributed by atoms with Gasteiger partial charge in [-0.3, -0.25) is 9.78 Å². The first kappa shape index (κ1) is 14.5. The normalized spacial score (nSPS) is 13.3. The minimum Gasteiger partial charge on any atom is -0.321 e. The van der Waals surface area contributed by atoms with Crippen molar-refractivity contribution in [2.45, 2.75) is 25.8 Å². The molecule has 0 spiro atoms. The number of amides is 1. The van der Waals surface area contributed by atoms with Crippen LogP contribution in [0.2, 0.25) is 0 Å². The van der Waals surface area contributed by atoms with Gasteiger partial charge in [0.15, 0.2) is 5.82 Å². The monoisotopic (exact) mass is 320 g/mol. The van der Waals surface area contributed by atoms with Crippen LogP contribution < -0.4 is 5.32 Å². The number of carbonyl (C=O) groups excluding carboxylic acids is 1. The number of anilines is 1. The quantitative estimate of drug-likeness (QED) is 0.800. The van der Waals surface area contributed by atoms with Crippen LogP contribution >= 0.6 is 0 Å². The first-order valence-corrected chi connectivity index (χ1v) is 7.91. The number of nitrogens with zero attached hydrogens (tertiary/aromatic N) is 5. The molecule has 0 fully saturated rings. The van der Waals surface area contributed by atoms with Crippen LogP contribution in [0.3, 0.4) is 0 Å². The Morgan fingerprint density at radius 2 is 2.12 bits per heavy atom. The highest BCUT2D eigenvalue weighted by Gasteiger charge is 2.17. The van der Waals surface area contributed by atoms with Gasteiger partial charge in [-0.05, 0) is 25.0 Å². The summed E-state index contributed by atoms with van der Waals surface area (Å²) in [6.45, 7) is 0.938. The lowest BCUT2D eigenvalue weighted by Crippen LogP contribution is -2.14. The highest BCUT2D eigenvalue weighted by atomic mass is 16.1. The summed E-state index contributed by atoms with van der Waals surface area (Å²) in [7, 11) is 0. The molecule has 24 heavy (non-hydrogen) atoms. The van der Waals surface area contributed by atoms with E-state index in [0.29, 0.717) is 5.69 Å². The molecule has 0 radical (unpaired) electrons. The van der Waals surface area contributed by atoms with Crippen molar-refractivity contribution >= 4 is 11.6 Å². The van der Waals surface area contributed by atoms with Gasteiger partial charge in [0.05, 0.1) is 6.20 Å². The average molecular weight is 320 g/mol. The lowest BCUT2D eigenvalue weighted by Gasteiger charge is -2.15. The SMILES string of the molecule is O=C(Nc1cccc(-c2nnc3n2CCCC3)c1)c1cnccn1. The highest BCUT2D eigenvalue weighted by Crippen LogP contribution is 2.25. The molecule has 4 rings (SSSR count). The Balaban J connectivity index is 1.60. The Hall–Kier alpha value is -3.09. The van der Waals surface area contributed by atoms with E-state index >= 15 is 0 Å². The Bertz CT molecular complexity index is 874. The molecule has 1 aromatic carbocycles. The van der Waals surface area contributed by atoms with Gasteiger partial charge in [-0.2, -0.15) is 0 Å². The van der Waals surface area contributed by atoms with Crippen LogP contribution in [-0.4, -0.2) is 30.6 Å². The van der Waals surface area contributed by atoms with Gasteiger partial charge in [0.25, 0.3) is 5.91 Å². The smallest absolute Gasteiger partial charge is 0.275 e. The van der Waals surface area contributed by atoms with Crippen LogP contribution in [0.25, 0.3) is 11.4 Å². The molecule has 0 aliphatic carbocycles. The molecule has 7 nitrogen and oxygen atoms in total. The minimum absolute atomic E-state index is 0.280. The van der Waals surface area contributed by atoms with E-state index in [9.17, 15) is 4.79 Å². The molecule has 0 saturated heterocycles. The second-order valence-corrected chi connectivity index (χ2v) is 5.67. The van der Waals surface area contributed by atoms with E-state index in [1.807, 2.05) is 24.3 Å². The molecule has 3 heterocycles. The summed E-state index contributed by atoms with van der Waals surface area (Å²) in [5, 5.41) is 11.4. The van der Waals surface area contributed by atoms with E-state index in [1.165, 1.54) is 18.6 Å². The first-order chi connectivity index (χ1) is 11.8. The fourth-order valence-electron chi connectivity index (χ4n) is 2.87. The molecular weight excluding hydrogens is 304 g/mol. The van der Waals surface area contributed by atoms with Gasteiger partial charge in [0.1, 0.15) is 11.5 Å². The van der Waals surface area contributed by atoms with Crippen LogP contribution in [0.5, 0.6) is 0 Å². The van der Waals surface area contributed by atoms with Crippen LogP contribution in [0, 0.1) is 0 Å².